The van der Waals surface area contributed by atoms with Crippen LogP contribution in [0.5, 0.6) is 5.75 Å². The molecule has 1 aromatic carbocycles. The van der Waals surface area contributed by atoms with Crippen molar-refractivity contribution in [1.82, 2.24) is 10.2 Å². The van der Waals surface area contributed by atoms with Crippen LogP contribution in [0.2, 0.25) is 0 Å². The molecule has 1 heterocycles. The van der Waals surface area contributed by atoms with Crippen LogP contribution in [0.1, 0.15) is 25.3 Å². The molecule has 0 unspecified atom stereocenters. The fraction of sp³-hybridized carbons (Fsp3) is 0.500. The van der Waals surface area contributed by atoms with Gasteiger partial charge in [0.15, 0.2) is 0 Å². The molecule has 4 nitrogen and oxygen atoms in total. The van der Waals surface area contributed by atoms with E-state index >= 15 is 0 Å². The number of ether oxygens (including phenoxy) is 1. The van der Waals surface area contributed by atoms with Gasteiger partial charge in [-0.05, 0) is 44.0 Å². The molecule has 0 aromatic heterocycles. The zero-order valence-corrected chi connectivity index (χ0v) is 14.8. The van der Waals surface area contributed by atoms with Crippen LogP contribution in [0.3, 0.4) is 0 Å². The molecule has 128 valence electrons. The lowest BCUT2D eigenvalue weighted by atomic mass is 9.92. The molecule has 0 saturated carbocycles. The number of carbonyl (C=O) groups is 1. The summed E-state index contributed by atoms with van der Waals surface area (Å²) in [5, 5.41) is 3.40. The van der Waals surface area contributed by atoms with E-state index in [9.17, 15) is 4.79 Å². The highest BCUT2D eigenvalue weighted by molar-refractivity contribution is 5.85. The predicted molar refractivity (Wildman–Crippen MR) is 96.0 cm³/mol. The van der Waals surface area contributed by atoms with Crippen molar-refractivity contribution in [2.45, 2.75) is 32.4 Å². The molecular formula is C18H27ClN2O2. The zero-order chi connectivity index (χ0) is 15.9. The highest BCUT2D eigenvalue weighted by Gasteiger charge is 2.28. The second kappa shape index (κ2) is 9.58. The fourth-order valence-corrected chi connectivity index (χ4v) is 2.95. The van der Waals surface area contributed by atoms with Crippen molar-refractivity contribution in [3.05, 3.63) is 42.5 Å². The smallest absolute Gasteiger partial charge is 0.226 e. The summed E-state index contributed by atoms with van der Waals surface area (Å²) in [4.78, 5) is 14.7. The van der Waals surface area contributed by atoms with Crippen LogP contribution >= 0.6 is 12.4 Å². The summed E-state index contributed by atoms with van der Waals surface area (Å²) in [7, 11) is 1.65. The standard InChI is InChI=1S/C18H26N2O2.ClH/c1-4-11-20(13-15-5-7-17(22-3)8-6-15)18(21)16-9-10-19-14(2)12-16;/h4-8,14,16,19H,1,9-13H2,2-3H3;1H/t14-,16-;/m0./s1. The Hall–Kier alpha value is -1.52. The van der Waals surface area contributed by atoms with Gasteiger partial charge in [0.2, 0.25) is 5.91 Å². The Morgan fingerprint density at radius 1 is 1.43 bits per heavy atom. The molecule has 0 bridgehead atoms. The number of hydrogen-bond acceptors (Lipinski definition) is 3. The molecular weight excluding hydrogens is 312 g/mol. The molecule has 1 fully saturated rings. The van der Waals surface area contributed by atoms with Gasteiger partial charge in [-0.2, -0.15) is 0 Å². The van der Waals surface area contributed by atoms with Crippen LogP contribution in [0, 0.1) is 5.92 Å². The quantitative estimate of drug-likeness (QED) is 0.811. The molecule has 1 aliphatic heterocycles. The Kier molecular flexibility index (Phi) is 8.13. The third kappa shape index (κ3) is 5.56. The maximum atomic E-state index is 12.8. The van der Waals surface area contributed by atoms with E-state index in [4.69, 9.17) is 4.74 Å². The van der Waals surface area contributed by atoms with E-state index in [1.54, 1.807) is 13.2 Å². The molecule has 1 saturated heterocycles. The molecule has 1 aromatic rings. The zero-order valence-electron chi connectivity index (χ0n) is 14.0. The number of amides is 1. The molecule has 0 aliphatic carbocycles. The van der Waals surface area contributed by atoms with Gasteiger partial charge < -0.3 is 15.0 Å². The summed E-state index contributed by atoms with van der Waals surface area (Å²) in [6.07, 6.45) is 3.63. The fourth-order valence-electron chi connectivity index (χ4n) is 2.95. The number of halogens is 1. The normalized spacial score (nSPS) is 20.3. The molecule has 1 amide bonds. The van der Waals surface area contributed by atoms with Crippen molar-refractivity contribution in [2.75, 3.05) is 20.2 Å². The van der Waals surface area contributed by atoms with Gasteiger partial charge >= 0.3 is 0 Å². The second-order valence-corrected chi connectivity index (χ2v) is 5.93. The first-order chi connectivity index (χ1) is 10.6. The number of methoxy groups -OCH3 is 1. The number of nitrogens with one attached hydrogen (secondary N) is 1. The number of rotatable bonds is 6. The first kappa shape index (κ1) is 19.5. The molecule has 1 aliphatic rings. The summed E-state index contributed by atoms with van der Waals surface area (Å²) in [6, 6.07) is 8.28. The molecule has 0 spiro atoms. The Morgan fingerprint density at radius 2 is 2.13 bits per heavy atom. The minimum absolute atomic E-state index is 0. The van der Waals surface area contributed by atoms with Crippen molar-refractivity contribution in [3.63, 3.8) is 0 Å². The van der Waals surface area contributed by atoms with E-state index in [1.807, 2.05) is 29.2 Å². The van der Waals surface area contributed by atoms with E-state index < -0.39 is 0 Å². The van der Waals surface area contributed by atoms with E-state index in [1.165, 1.54) is 0 Å². The Bertz CT molecular complexity index is 504. The molecule has 23 heavy (non-hydrogen) atoms. The maximum Gasteiger partial charge on any atom is 0.226 e. The minimum atomic E-state index is 0. The first-order valence-corrected chi connectivity index (χ1v) is 7.90. The van der Waals surface area contributed by atoms with Crippen molar-refractivity contribution in [3.8, 4) is 5.75 Å². The van der Waals surface area contributed by atoms with Crippen LogP contribution in [-0.4, -0.2) is 37.0 Å². The van der Waals surface area contributed by atoms with Crippen LogP contribution in [-0.2, 0) is 11.3 Å². The number of hydrogen-bond donors (Lipinski definition) is 1. The van der Waals surface area contributed by atoms with E-state index in [2.05, 4.69) is 18.8 Å². The Morgan fingerprint density at radius 3 is 2.70 bits per heavy atom. The summed E-state index contributed by atoms with van der Waals surface area (Å²) in [6.45, 7) is 8.05. The topological polar surface area (TPSA) is 41.6 Å². The van der Waals surface area contributed by atoms with Crippen LogP contribution in [0.4, 0.5) is 0 Å². The van der Waals surface area contributed by atoms with E-state index in [-0.39, 0.29) is 24.2 Å². The third-order valence-corrected chi connectivity index (χ3v) is 4.17. The highest BCUT2D eigenvalue weighted by Crippen LogP contribution is 2.21. The lowest BCUT2D eigenvalue weighted by molar-refractivity contribution is -0.136. The predicted octanol–water partition coefficient (Wildman–Crippen LogP) is 3.02. The lowest BCUT2D eigenvalue weighted by Crippen LogP contribution is -2.44. The number of benzene rings is 1. The first-order valence-electron chi connectivity index (χ1n) is 7.90. The van der Waals surface area contributed by atoms with Gasteiger partial charge in [0.05, 0.1) is 7.11 Å². The van der Waals surface area contributed by atoms with E-state index in [0.717, 1.165) is 30.7 Å². The lowest BCUT2D eigenvalue weighted by Gasteiger charge is -2.31. The minimum Gasteiger partial charge on any atom is -0.497 e. The van der Waals surface area contributed by atoms with Gasteiger partial charge in [0, 0.05) is 25.0 Å². The van der Waals surface area contributed by atoms with Crippen molar-refractivity contribution < 1.29 is 9.53 Å². The molecule has 2 atom stereocenters. The second-order valence-electron chi connectivity index (χ2n) is 5.93. The Labute approximate surface area is 145 Å². The molecule has 2 rings (SSSR count). The van der Waals surface area contributed by atoms with Crippen molar-refractivity contribution in [1.29, 1.82) is 0 Å². The SMILES string of the molecule is C=CCN(Cc1ccc(OC)cc1)C(=O)[C@H]1CCN[C@@H](C)C1.Cl. The van der Waals surface area contributed by atoms with Gasteiger partial charge in [-0.1, -0.05) is 18.2 Å². The van der Waals surface area contributed by atoms with Crippen LogP contribution in [0.15, 0.2) is 36.9 Å². The van der Waals surface area contributed by atoms with Gasteiger partial charge in [0.25, 0.3) is 0 Å². The van der Waals surface area contributed by atoms with Gasteiger partial charge in [-0.15, -0.1) is 19.0 Å². The van der Waals surface area contributed by atoms with Crippen molar-refractivity contribution in [2.24, 2.45) is 5.92 Å². The molecule has 5 heteroatoms. The van der Waals surface area contributed by atoms with E-state index in [0.29, 0.717) is 19.1 Å². The monoisotopic (exact) mass is 338 g/mol. The summed E-state index contributed by atoms with van der Waals surface area (Å²) in [5.74, 6) is 1.19. The van der Waals surface area contributed by atoms with Crippen LogP contribution in [0.25, 0.3) is 0 Å². The van der Waals surface area contributed by atoms with Gasteiger partial charge in [-0.25, -0.2) is 0 Å². The number of piperidine rings is 1. The number of carbonyl (C=O) groups excluding carboxylic acids is 1. The number of nitrogens with zero attached hydrogens (tertiary/aromatic N) is 1. The third-order valence-electron chi connectivity index (χ3n) is 4.17. The average Bonchev–Trinajstić information content (AvgIpc) is 2.54. The van der Waals surface area contributed by atoms with Gasteiger partial charge in [-0.3, -0.25) is 4.79 Å². The maximum absolute atomic E-state index is 12.8. The highest BCUT2D eigenvalue weighted by atomic mass is 35.5. The molecule has 1 N–H and O–H groups in total. The largest absolute Gasteiger partial charge is 0.497 e. The molecule has 0 radical (unpaired) electrons. The Balaban J connectivity index is 0.00000264. The summed E-state index contributed by atoms with van der Waals surface area (Å²) in [5.41, 5.74) is 1.11. The average molecular weight is 339 g/mol. The van der Waals surface area contributed by atoms with Crippen molar-refractivity contribution >= 4 is 18.3 Å². The summed E-state index contributed by atoms with van der Waals surface area (Å²) < 4.78 is 5.17. The van der Waals surface area contributed by atoms with Crippen LogP contribution < -0.4 is 10.1 Å². The summed E-state index contributed by atoms with van der Waals surface area (Å²) >= 11 is 0. The van der Waals surface area contributed by atoms with Gasteiger partial charge in [0.1, 0.15) is 5.75 Å².